The average molecular weight is 537 g/mol. The fourth-order valence-electron chi connectivity index (χ4n) is 4.11. The van der Waals surface area contributed by atoms with Gasteiger partial charge in [0.05, 0.1) is 5.92 Å². The Kier molecular flexibility index (Phi) is 12.4. The van der Waals surface area contributed by atoms with Crippen LogP contribution in [0.2, 0.25) is 0 Å². The fraction of sp³-hybridized carbons (Fsp3) is 0.393. The lowest BCUT2D eigenvalue weighted by molar-refractivity contribution is -0.132. The Labute approximate surface area is 229 Å². The van der Waals surface area contributed by atoms with E-state index in [1.165, 1.54) is 0 Å². The van der Waals surface area contributed by atoms with Crippen molar-refractivity contribution in [3.63, 3.8) is 0 Å². The van der Waals surface area contributed by atoms with Gasteiger partial charge in [0.2, 0.25) is 17.7 Å². The number of nitrogens with one attached hydrogen (secondary N) is 3. The van der Waals surface area contributed by atoms with Gasteiger partial charge >= 0.3 is 0 Å². The van der Waals surface area contributed by atoms with Crippen molar-refractivity contribution in [1.29, 1.82) is 5.41 Å². The molecule has 0 aliphatic rings. The van der Waals surface area contributed by atoms with Crippen LogP contribution in [0, 0.1) is 5.41 Å². The summed E-state index contributed by atoms with van der Waals surface area (Å²) in [7, 11) is 0. The van der Waals surface area contributed by atoms with Gasteiger partial charge in [0.15, 0.2) is 5.96 Å². The number of carbonyl (C=O) groups excluding carboxylic acids is 3. The van der Waals surface area contributed by atoms with Crippen LogP contribution in [0.3, 0.4) is 0 Å². The van der Waals surface area contributed by atoms with Crippen LogP contribution in [0.25, 0.3) is 0 Å². The lowest BCUT2D eigenvalue weighted by atomic mass is 9.90. The zero-order valence-electron chi connectivity index (χ0n) is 22.4. The lowest BCUT2D eigenvalue weighted by Gasteiger charge is -2.25. The van der Waals surface area contributed by atoms with E-state index in [1.54, 1.807) is 12.1 Å². The molecule has 0 saturated heterocycles. The molecule has 210 valence electrons. The summed E-state index contributed by atoms with van der Waals surface area (Å²) in [6.45, 7) is 2.29. The monoisotopic (exact) mass is 536 g/mol. The van der Waals surface area contributed by atoms with Gasteiger partial charge in [0.1, 0.15) is 17.9 Å². The minimum absolute atomic E-state index is 0.0332. The standard InChI is InChI=1S/C28H40N8O3/c1-2-3-10-23(27(39)35-22(25(31)37)11-7-16-34-28(32)33)36-26(38)21(19-8-5-4-6-9-19)17-18-12-14-20(15-13-18)24(29)30/h4-6,8-9,12-15,21-23H,2-3,7,10-11,16-17H2,1H3,(H3,29,30)(H2,31,37)(H,35,39)(H,36,38)(H4,32,33,34)/t21?,22-,23-/m0/s1. The van der Waals surface area contributed by atoms with Crippen LogP contribution in [-0.4, -0.2) is 48.1 Å². The number of guanidine groups is 1. The van der Waals surface area contributed by atoms with Gasteiger partial charge in [0.25, 0.3) is 0 Å². The van der Waals surface area contributed by atoms with E-state index in [0.717, 1.165) is 17.5 Å². The Balaban J connectivity index is 2.20. The van der Waals surface area contributed by atoms with E-state index < -0.39 is 29.8 Å². The second-order valence-electron chi connectivity index (χ2n) is 9.39. The summed E-state index contributed by atoms with van der Waals surface area (Å²) in [6.07, 6.45) is 3.01. The van der Waals surface area contributed by atoms with Gasteiger partial charge in [-0.05, 0) is 36.8 Å². The highest BCUT2D eigenvalue weighted by Gasteiger charge is 2.29. The molecule has 39 heavy (non-hydrogen) atoms. The number of nitrogens with zero attached hydrogens (tertiary/aromatic N) is 1. The first-order valence-corrected chi connectivity index (χ1v) is 13.1. The topological polar surface area (TPSA) is 216 Å². The predicted molar refractivity (Wildman–Crippen MR) is 153 cm³/mol. The van der Waals surface area contributed by atoms with Crippen molar-refractivity contribution in [1.82, 2.24) is 10.6 Å². The van der Waals surface area contributed by atoms with Gasteiger partial charge in [-0.2, -0.15) is 0 Å². The Morgan fingerprint density at radius 2 is 1.46 bits per heavy atom. The second kappa shape index (κ2) is 15.8. The normalized spacial score (nSPS) is 12.9. The summed E-state index contributed by atoms with van der Waals surface area (Å²) in [6, 6.07) is 14.7. The maximum absolute atomic E-state index is 13.6. The van der Waals surface area contributed by atoms with Crippen LogP contribution in [0.15, 0.2) is 59.6 Å². The third-order valence-electron chi connectivity index (χ3n) is 6.31. The Hall–Kier alpha value is -4.41. The number of carbonyl (C=O) groups is 3. The molecule has 0 aromatic heterocycles. The SMILES string of the molecule is CCCC[C@H](NC(=O)C(Cc1ccc(C(=N)N)cc1)c1ccccc1)C(=O)N[C@@H](CCCN=C(N)N)C(N)=O. The molecule has 0 aliphatic carbocycles. The van der Waals surface area contributed by atoms with Crippen molar-refractivity contribution in [2.45, 2.75) is 63.5 Å². The molecule has 11 heteroatoms. The first kappa shape index (κ1) is 30.8. The number of nitrogen functional groups attached to an aromatic ring is 1. The molecule has 0 spiro atoms. The van der Waals surface area contributed by atoms with E-state index in [4.69, 9.17) is 28.3 Å². The summed E-state index contributed by atoms with van der Waals surface area (Å²) in [5.41, 5.74) is 24.0. The van der Waals surface area contributed by atoms with Gasteiger partial charge in [-0.15, -0.1) is 0 Å². The number of nitrogens with two attached hydrogens (primary N) is 4. The quantitative estimate of drug-likeness (QED) is 0.0942. The largest absolute Gasteiger partial charge is 0.384 e. The molecule has 0 fully saturated rings. The molecule has 3 atom stereocenters. The summed E-state index contributed by atoms with van der Waals surface area (Å²) < 4.78 is 0. The summed E-state index contributed by atoms with van der Waals surface area (Å²) in [5, 5.41) is 13.2. The molecule has 2 rings (SSSR count). The number of benzene rings is 2. The molecule has 11 N–H and O–H groups in total. The highest BCUT2D eigenvalue weighted by atomic mass is 16.2. The Morgan fingerprint density at radius 1 is 0.846 bits per heavy atom. The Morgan fingerprint density at radius 3 is 2.03 bits per heavy atom. The van der Waals surface area contributed by atoms with Crippen molar-refractivity contribution < 1.29 is 14.4 Å². The fourth-order valence-corrected chi connectivity index (χ4v) is 4.11. The highest BCUT2D eigenvalue weighted by molar-refractivity contribution is 5.95. The van der Waals surface area contributed by atoms with E-state index in [-0.39, 0.29) is 24.1 Å². The van der Waals surface area contributed by atoms with Crippen LogP contribution in [0.5, 0.6) is 0 Å². The number of amides is 3. The van der Waals surface area contributed by atoms with E-state index in [2.05, 4.69) is 15.6 Å². The van der Waals surface area contributed by atoms with Crippen molar-refractivity contribution in [2.75, 3.05) is 6.54 Å². The molecular formula is C28H40N8O3. The van der Waals surface area contributed by atoms with Gasteiger partial charge in [-0.25, -0.2) is 0 Å². The molecule has 2 aromatic carbocycles. The predicted octanol–water partition coefficient (Wildman–Crippen LogP) is 0.996. The van der Waals surface area contributed by atoms with Crippen LogP contribution in [0.4, 0.5) is 0 Å². The lowest BCUT2D eigenvalue weighted by Crippen LogP contribution is -2.53. The smallest absolute Gasteiger partial charge is 0.243 e. The number of hydrogen-bond donors (Lipinski definition) is 7. The Bertz CT molecular complexity index is 1130. The summed E-state index contributed by atoms with van der Waals surface area (Å²) in [4.78, 5) is 42.7. The molecule has 0 aliphatic heterocycles. The summed E-state index contributed by atoms with van der Waals surface area (Å²) >= 11 is 0. The van der Waals surface area contributed by atoms with Crippen molar-refractivity contribution >= 4 is 29.5 Å². The van der Waals surface area contributed by atoms with E-state index in [9.17, 15) is 14.4 Å². The number of unbranched alkanes of at least 4 members (excludes halogenated alkanes) is 1. The van der Waals surface area contributed by atoms with Crippen molar-refractivity contribution in [2.24, 2.45) is 27.9 Å². The number of aliphatic imine (C=N–C) groups is 1. The number of hydrogen-bond acceptors (Lipinski definition) is 5. The third-order valence-corrected chi connectivity index (χ3v) is 6.31. The third kappa shape index (κ3) is 10.5. The van der Waals surface area contributed by atoms with Gasteiger partial charge < -0.3 is 33.6 Å². The zero-order chi connectivity index (χ0) is 28.8. The molecule has 3 amide bonds. The molecule has 0 heterocycles. The minimum Gasteiger partial charge on any atom is -0.384 e. The molecule has 11 nitrogen and oxygen atoms in total. The highest BCUT2D eigenvalue weighted by Crippen LogP contribution is 2.22. The van der Waals surface area contributed by atoms with E-state index in [0.29, 0.717) is 37.8 Å². The van der Waals surface area contributed by atoms with Crippen LogP contribution in [-0.2, 0) is 20.8 Å². The maximum atomic E-state index is 13.6. The van der Waals surface area contributed by atoms with Crippen molar-refractivity contribution in [3.05, 3.63) is 71.3 Å². The molecular weight excluding hydrogens is 496 g/mol. The van der Waals surface area contributed by atoms with Crippen LogP contribution >= 0.6 is 0 Å². The maximum Gasteiger partial charge on any atom is 0.243 e. The second-order valence-corrected chi connectivity index (χ2v) is 9.39. The van der Waals surface area contributed by atoms with Gasteiger partial charge in [-0.1, -0.05) is 74.4 Å². The molecule has 0 radical (unpaired) electrons. The van der Waals surface area contributed by atoms with Crippen LogP contribution in [0.1, 0.15) is 61.6 Å². The number of primary amides is 1. The number of amidine groups is 1. The first-order valence-electron chi connectivity index (χ1n) is 13.1. The molecule has 0 bridgehead atoms. The average Bonchev–Trinajstić information content (AvgIpc) is 2.91. The van der Waals surface area contributed by atoms with Crippen LogP contribution < -0.4 is 33.6 Å². The van der Waals surface area contributed by atoms with Crippen molar-refractivity contribution in [3.8, 4) is 0 Å². The minimum atomic E-state index is -0.919. The summed E-state index contributed by atoms with van der Waals surface area (Å²) in [5.74, 6) is -2.12. The molecule has 0 saturated carbocycles. The van der Waals surface area contributed by atoms with Gasteiger partial charge in [0, 0.05) is 12.1 Å². The van der Waals surface area contributed by atoms with E-state index >= 15 is 0 Å². The molecule has 2 aromatic rings. The zero-order valence-corrected chi connectivity index (χ0v) is 22.4. The number of rotatable bonds is 16. The van der Waals surface area contributed by atoms with E-state index in [1.807, 2.05) is 49.4 Å². The first-order chi connectivity index (χ1) is 18.6. The molecule has 1 unspecified atom stereocenters. The van der Waals surface area contributed by atoms with Gasteiger partial charge in [-0.3, -0.25) is 24.8 Å².